The van der Waals surface area contributed by atoms with E-state index in [4.69, 9.17) is 14.8 Å². The van der Waals surface area contributed by atoms with Gasteiger partial charge in [0, 0.05) is 0 Å². The fourth-order valence-corrected chi connectivity index (χ4v) is 4.12. The van der Waals surface area contributed by atoms with Gasteiger partial charge in [-0.05, 0) is 42.7 Å². The van der Waals surface area contributed by atoms with Gasteiger partial charge in [0.25, 0.3) is 0 Å². The molecule has 2 N–H and O–H groups in total. The molecule has 0 unspecified atom stereocenters. The fraction of sp³-hybridized carbons (Fsp3) is 0.333. The van der Waals surface area contributed by atoms with E-state index in [9.17, 15) is 17.7 Å². The third-order valence-corrected chi connectivity index (χ3v) is 5.97. The van der Waals surface area contributed by atoms with Gasteiger partial charge < -0.3 is 14.8 Å². The monoisotopic (exact) mass is 387 g/mol. The molecule has 0 saturated carbocycles. The van der Waals surface area contributed by atoms with E-state index in [0.29, 0.717) is 11.1 Å². The Hall–Kier alpha value is -1.66. The van der Waals surface area contributed by atoms with Crippen LogP contribution in [-0.2, 0) is 19.8 Å². The Morgan fingerprint density at radius 3 is 1.73 bits per heavy atom. The highest BCUT2D eigenvalue weighted by Crippen LogP contribution is 2.58. The van der Waals surface area contributed by atoms with Crippen molar-refractivity contribution in [2.45, 2.75) is 25.8 Å². The Kier molecular flexibility index (Phi) is 6.64. The van der Waals surface area contributed by atoms with Gasteiger partial charge in [0.2, 0.25) is 0 Å². The molecule has 0 saturated heterocycles. The lowest BCUT2D eigenvalue weighted by Gasteiger charge is -2.23. The highest BCUT2D eigenvalue weighted by Gasteiger charge is 2.34. The quantitative estimate of drug-likeness (QED) is 0.629. The summed E-state index contributed by atoms with van der Waals surface area (Å²) < 4.78 is 61.1. The number of alkyl halides is 3. The number of halogens is 3. The first kappa shape index (κ1) is 20.6. The summed E-state index contributed by atoms with van der Waals surface area (Å²) in [6, 6.07) is 11.6. The lowest BCUT2D eigenvalue weighted by atomic mass is 10.0. The third kappa shape index (κ3) is 4.74. The van der Waals surface area contributed by atoms with E-state index in [1.165, 1.54) is 12.1 Å². The van der Waals surface area contributed by atoms with Gasteiger partial charge in [0.05, 0.1) is 18.8 Å². The number of hydrogen-bond acceptors (Lipinski definition) is 4. The van der Waals surface area contributed by atoms with Crippen molar-refractivity contribution in [1.29, 1.82) is 0 Å². The number of nitrogens with two attached hydrogens (primary N) is 1. The molecule has 2 aromatic carbocycles. The van der Waals surface area contributed by atoms with Crippen molar-refractivity contribution in [1.82, 2.24) is 0 Å². The van der Waals surface area contributed by atoms with Crippen molar-refractivity contribution in [3.8, 4) is 11.1 Å². The van der Waals surface area contributed by atoms with Gasteiger partial charge in [-0.15, -0.1) is 0 Å². The van der Waals surface area contributed by atoms with E-state index in [1.54, 1.807) is 38.1 Å². The van der Waals surface area contributed by atoms with Crippen molar-refractivity contribution in [3.05, 3.63) is 59.7 Å². The van der Waals surface area contributed by atoms with E-state index in [0.717, 1.165) is 17.7 Å². The van der Waals surface area contributed by atoms with Crippen LogP contribution in [0.1, 0.15) is 30.8 Å². The van der Waals surface area contributed by atoms with Gasteiger partial charge in [-0.2, -0.15) is 13.2 Å². The Balaban J connectivity index is 2.23. The van der Waals surface area contributed by atoms with E-state index in [1.807, 2.05) is 0 Å². The maximum atomic E-state index is 12.7. The third-order valence-electron chi connectivity index (χ3n) is 3.76. The Morgan fingerprint density at radius 1 is 0.923 bits per heavy atom. The van der Waals surface area contributed by atoms with Crippen LogP contribution in [0.15, 0.2) is 48.5 Å². The van der Waals surface area contributed by atoms with Crippen LogP contribution in [-0.4, -0.2) is 13.2 Å². The van der Waals surface area contributed by atoms with Crippen LogP contribution in [0, 0.1) is 0 Å². The molecule has 26 heavy (non-hydrogen) atoms. The predicted octanol–water partition coefficient (Wildman–Crippen LogP) is 5.60. The average Bonchev–Trinajstić information content (AvgIpc) is 2.61. The van der Waals surface area contributed by atoms with E-state index >= 15 is 0 Å². The van der Waals surface area contributed by atoms with Gasteiger partial charge >= 0.3 is 13.8 Å². The minimum atomic E-state index is -4.37. The van der Waals surface area contributed by atoms with Crippen LogP contribution in [0.5, 0.6) is 0 Å². The molecule has 8 heteroatoms. The lowest BCUT2D eigenvalue weighted by molar-refractivity contribution is -0.137. The topological polar surface area (TPSA) is 61.5 Å². The maximum absolute atomic E-state index is 12.7. The molecule has 0 aliphatic carbocycles. The van der Waals surface area contributed by atoms with Crippen molar-refractivity contribution < 1.29 is 26.8 Å². The Labute approximate surface area is 150 Å². The van der Waals surface area contributed by atoms with Crippen LogP contribution in [0.4, 0.5) is 13.2 Å². The molecule has 0 radical (unpaired) electrons. The summed E-state index contributed by atoms with van der Waals surface area (Å²) in [4.78, 5) is 0. The summed E-state index contributed by atoms with van der Waals surface area (Å²) >= 11 is 0. The summed E-state index contributed by atoms with van der Waals surface area (Å²) in [5.74, 6) is -0.941. The normalized spacial score (nSPS) is 13.6. The van der Waals surface area contributed by atoms with Gasteiger partial charge in [-0.1, -0.05) is 36.4 Å². The van der Waals surface area contributed by atoms with Crippen molar-refractivity contribution in [2.24, 2.45) is 5.73 Å². The largest absolute Gasteiger partial charge is 0.416 e. The molecular weight excluding hydrogens is 366 g/mol. The van der Waals surface area contributed by atoms with Crippen molar-refractivity contribution >= 4 is 7.60 Å². The Morgan fingerprint density at radius 2 is 1.35 bits per heavy atom. The first-order valence-corrected chi connectivity index (χ1v) is 9.74. The van der Waals surface area contributed by atoms with Crippen LogP contribution < -0.4 is 5.73 Å². The van der Waals surface area contributed by atoms with Gasteiger partial charge in [0.1, 0.15) is 5.78 Å². The molecule has 142 valence electrons. The minimum absolute atomic E-state index is 0.203. The fourth-order valence-electron chi connectivity index (χ4n) is 2.46. The van der Waals surface area contributed by atoms with Gasteiger partial charge in [-0.25, -0.2) is 0 Å². The predicted molar refractivity (Wildman–Crippen MR) is 94.7 cm³/mol. The number of benzene rings is 2. The number of hydrogen-bond donors (Lipinski definition) is 1. The second-order valence-corrected chi connectivity index (χ2v) is 7.67. The van der Waals surface area contributed by atoms with Crippen LogP contribution >= 0.6 is 7.60 Å². The zero-order chi connectivity index (χ0) is 19.4. The van der Waals surface area contributed by atoms with E-state index in [-0.39, 0.29) is 13.2 Å². The first-order chi connectivity index (χ1) is 12.2. The molecule has 0 bridgehead atoms. The molecule has 0 aromatic heterocycles. The second-order valence-electron chi connectivity index (χ2n) is 5.52. The number of rotatable bonds is 7. The van der Waals surface area contributed by atoms with Gasteiger partial charge in [0.15, 0.2) is 0 Å². The molecule has 0 heterocycles. The zero-order valence-electron chi connectivity index (χ0n) is 14.5. The molecule has 1 atom stereocenters. The second kappa shape index (κ2) is 8.35. The first-order valence-electron chi connectivity index (χ1n) is 8.13. The summed E-state index contributed by atoms with van der Waals surface area (Å²) in [7, 11) is -3.49. The summed E-state index contributed by atoms with van der Waals surface area (Å²) in [5.41, 5.74) is 7.28. The lowest BCUT2D eigenvalue weighted by Crippen LogP contribution is -2.15. The smallest absolute Gasteiger partial charge is 0.314 e. The van der Waals surface area contributed by atoms with Crippen molar-refractivity contribution in [3.63, 3.8) is 0 Å². The highest BCUT2D eigenvalue weighted by atomic mass is 31.2. The highest BCUT2D eigenvalue weighted by molar-refractivity contribution is 7.54. The molecule has 0 amide bonds. The molecule has 2 rings (SSSR count). The molecule has 0 aliphatic heterocycles. The summed E-state index contributed by atoms with van der Waals surface area (Å²) in [6.45, 7) is 3.81. The molecule has 2 aromatic rings. The van der Waals surface area contributed by atoms with E-state index < -0.39 is 25.1 Å². The van der Waals surface area contributed by atoms with Crippen LogP contribution in [0.3, 0.4) is 0 Å². The molecular formula is C18H21F3NO3P. The standard InChI is InChI=1S/C18H21F3NO3P/c1-3-24-26(23,25-4-2)17(22)15-7-5-13(6-8-15)14-9-11-16(12-10-14)18(19,20)21/h5-12,17H,3-4,22H2,1-2H3/t17-/m0/s1. The average molecular weight is 387 g/mol. The molecule has 0 aliphatic rings. The van der Waals surface area contributed by atoms with Crippen LogP contribution in [0.2, 0.25) is 0 Å². The SMILES string of the molecule is CCOP(=O)(OCC)[C@H](N)c1ccc(-c2ccc(C(F)(F)F)cc2)cc1. The maximum Gasteiger partial charge on any atom is 0.416 e. The van der Waals surface area contributed by atoms with Gasteiger partial charge in [-0.3, -0.25) is 4.57 Å². The molecule has 0 spiro atoms. The Bertz CT molecular complexity index is 751. The minimum Gasteiger partial charge on any atom is -0.314 e. The zero-order valence-corrected chi connectivity index (χ0v) is 15.4. The van der Waals surface area contributed by atoms with E-state index in [2.05, 4.69) is 0 Å². The van der Waals surface area contributed by atoms with Crippen LogP contribution in [0.25, 0.3) is 11.1 Å². The summed E-state index contributed by atoms with van der Waals surface area (Å²) in [6.07, 6.45) is -4.37. The molecule has 4 nitrogen and oxygen atoms in total. The molecule has 0 fully saturated rings. The van der Waals surface area contributed by atoms with Crippen molar-refractivity contribution in [2.75, 3.05) is 13.2 Å². The summed E-state index contributed by atoms with van der Waals surface area (Å²) in [5, 5.41) is 0.